The summed E-state index contributed by atoms with van der Waals surface area (Å²) in [5.41, 5.74) is 1.70. The summed E-state index contributed by atoms with van der Waals surface area (Å²) in [6.45, 7) is 13.4. The number of hydrogen-bond donors (Lipinski definition) is 1. The van der Waals surface area contributed by atoms with Gasteiger partial charge in [-0.15, -0.1) is 0 Å². The number of ether oxygens (including phenoxy) is 1. The Balaban J connectivity index is 1.87. The van der Waals surface area contributed by atoms with E-state index in [1.807, 2.05) is 0 Å². The fourth-order valence-corrected chi connectivity index (χ4v) is 2.62. The van der Waals surface area contributed by atoms with Crippen LogP contribution in [0.4, 0.5) is 0 Å². The highest BCUT2D eigenvalue weighted by Gasteiger charge is 2.33. The number of hydrogen-bond acceptors (Lipinski definition) is 2. The fourth-order valence-electron chi connectivity index (χ4n) is 2.62. The first kappa shape index (κ1) is 15.4. The van der Waals surface area contributed by atoms with E-state index < -0.39 is 0 Å². The first-order valence-electron chi connectivity index (χ1n) is 7.68. The topological polar surface area (TPSA) is 21.3 Å². The summed E-state index contributed by atoms with van der Waals surface area (Å²) >= 11 is 0. The van der Waals surface area contributed by atoms with Gasteiger partial charge >= 0.3 is 0 Å². The van der Waals surface area contributed by atoms with E-state index in [9.17, 15) is 0 Å². The molecule has 1 saturated carbocycles. The molecule has 1 N–H and O–H groups in total. The van der Waals surface area contributed by atoms with E-state index in [0.717, 1.165) is 18.6 Å². The fraction of sp³-hybridized carbons (Fsp3) is 0.667. The van der Waals surface area contributed by atoms with Crippen LogP contribution < -0.4 is 10.1 Å². The molecule has 0 saturated heterocycles. The van der Waals surface area contributed by atoms with Gasteiger partial charge in [0, 0.05) is 11.6 Å². The summed E-state index contributed by atoms with van der Waals surface area (Å²) in [5, 5.41) is 3.63. The summed E-state index contributed by atoms with van der Waals surface area (Å²) in [5.74, 6) is 1.01. The molecule has 0 radical (unpaired) electrons. The third-order valence-corrected chi connectivity index (χ3v) is 3.73. The first-order chi connectivity index (χ1) is 9.13. The van der Waals surface area contributed by atoms with E-state index in [-0.39, 0.29) is 11.0 Å². The van der Waals surface area contributed by atoms with Crippen LogP contribution in [0.5, 0.6) is 5.75 Å². The van der Waals surface area contributed by atoms with Crippen LogP contribution in [0.2, 0.25) is 0 Å². The highest BCUT2D eigenvalue weighted by atomic mass is 16.5. The van der Waals surface area contributed by atoms with Gasteiger partial charge in [0.25, 0.3) is 0 Å². The van der Waals surface area contributed by atoms with Crippen molar-refractivity contribution in [1.29, 1.82) is 0 Å². The molecule has 112 valence electrons. The summed E-state index contributed by atoms with van der Waals surface area (Å²) in [6.07, 6.45) is 2.58. The second-order valence-corrected chi connectivity index (χ2v) is 8.08. The van der Waals surface area contributed by atoms with Crippen molar-refractivity contribution in [2.45, 2.75) is 77.5 Å². The van der Waals surface area contributed by atoms with E-state index in [4.69, 9.17) is 4.74 Å². The van der Waals surface area contributed by atoms with Crippen molar-refractivity contribution in [2.75, 3.05) is 0 Å². The molecule has 2 heteroatoms. The van der Waals surface area contributed by atoms with Crippen molar-refractivity contribution in [3.63, 3.8) is 0 Å². The third kappa shape index (κ3) is 4.24. The van der Waals surface area contributed by atoms with E-state index in [1.165, 1.54) is 5.56 Å². The Bertz CT molecular complexity index is 447. The Labute approximate surface area is 123 Å². The van der Waals surface area contributed by atoms with Gasteiger partial charge in [0.05, 0.1) is 0 Å². The molecule has 2 nitrogen and oxygen atoms in total. The zero-order valence-electron chi connectivity index (χ0n) is 13.8. The lowest BCUT2D eigenvalue weighted by Crippen LogP contribution is -2.53. The van der Waals surface area contributed by atoms with Crippen LogP contribution in [0.25, 0.3) is 0 Å². The minimum Gasteiger partial charge on any atom is -0.490 e. The van der Waals surface area contributed by atoms with Crippen LogP contribution in [-0.4, -0.2) is 17.7 Å². The molecule has 0 heterocycles. The standard InChI is InChI=1S/C18H29NO/c1-17(2,3)13-8-7-9-15(10-13)20-16-11-14(12-16)19-18(4,5)6/h7-10,14,16,19H,11-12H2,1-6H3/t14-,16+. The molecule has 1 aliphatic carbocycles. The molecule has 2 rings (SSSR count). The Hall–Kier alpha value is -1.02. The van der Waals surface area contributed by atoms with Crippen molar-refractivity contribution in [3.8, 4) is 5.75 Å². The van der Waals surface area contributed by atoms with Crippen molar-refractivity contribution < 1.29 is 4.74 Å². The van der Waals surface area contributed by atoms with Crippen LogP contribution in [0.15, 0.2) is 24.3 Å². The maximum Gasteiger partial charge on any atom is 0.120 e. The van der Waals surface area contributed by atoms with Crippen LogP contribution in [0.3, 0.4) is 0 Å². The van der Waals surface area contributed by atoms with E-state index >= 15 is 0 Å². The molecular formula is C18H29NO. The van der Waals surface area contributed by atoms with Gasteiger partial charge in [0.15, 0.2) is 0 Å². The summed E-state index contributed by atoms with van der Waals surface area (Å²) in [4.78, 5) is 0. The van der Waals surface area contributed by atoms with Gasteiger partial charge in [-0.3, -0.25) is 0 Å². The number of benzene rings is 1. The summed E-state index contributed by atoms with van der Waals surface area (Å²) in [7, 11) is 0. The van der Waals surface area contributed by atoms with Gasteiger partial charge in [-0.1, -0.05) is 32.9 Å². The molecule has 0 amide bonds. The molecule has 1 aliphatic rings. The quantitative estimate of drug-likeness (QED) is 0.889. The molecule has 0 aliphatic heterocycles. The summed E-state index contributed by atoms with van der Waals surface area (Å²) in [6, 6.07) is 9.13. The minimum atomic E-state index is 0.176. The predicted octanol–water partition coefficient (Wildman–Crippen LogP) is 4.28. The van der Waals surface area contributed by atoms with Crippen molar-refractivity contribution >= 4 is 0 Å². The lowest BCUT2D eigenvalue weighted by atomic mass is 9.86. The first-order valence-corrected chi connectivity index (χ1v) is 7.68. The molecule has 20 heavy (non-hydrogen) atoms. The molecule has 0 unspecified atom stereocenters. The van der Waals surface area contributed by atoms with Crippen molar-refractivity contribution in [1.82, 2.24) is 5.32 Å². The molecule has 1 aromatic rings. The maximum atomic E-state index is 6.09. The smallest absolute Gasteiger partial charge is 0.120 e. The van der Waals surface area contributed by atoms with Gasteiger partial charge in [0.2, 0.25) is 0 Å². The van der Waals surface area contributed by atoms with Crippen LogP contribution >= 0.6 is 0 Å². The molecule has 1 fully saturated rings. The average Bonchev–Trinajstić information content (AvgIpc) is 2.23. The second kappa shape index (κ2) is 5.40. The monoisotopic (exact) mass is 275 g/mol. The van der Waals surface area contributed by atoms with E-state index in [2.05, 4.69) is 71.1 Å². The molecule has 0 atom stereocenters. The Morgan fingerprint density at radius 3 is 2.25 bits per heavy atom. The Morgan fingerprint density at radius 1 is 1.05 bits per heavy atom. The normalized spacial score (nSPS) is 23.3. The molecule has 0 spiro atoms. The van der Waals surface area contributed by atoms with Crippen LogP contribution in [0, 0.1) is 0 Å². The highest BCUT2D eigenvalue weighted by Crippen LogP contribution is 2.30. The molecular weight excluding hydrogens is 246 g/mol. The van der Waals surface area contributed by atoms with Gasteiger partial charge in [-0.05, 0) is 56.7 Å². The van der Waals surface area contributed by atoms with E-state index in [1.54, 1.807) is 0 Å². The van der Waals surface area contributed by atoms with Gasteiger partial charge in [0.1, 0.15) is 11.9 Å². The highest BCUT2D eigenvalue weighted by molar-refractivity contribution is 5.32. The van der Waals surface area contributed by atoms with Crippen LogP contribution in [-0.2, 0) is 5.41 Å². The van der Waals surface area contributed by atoms with Crippen molar-refractivity contribution in [2.24, 2.45) is 0 Å². The van der Waals surface area contributed by atoms with Gasteiger partial charge in [-0.25, -0.2) is 0 Å². The lowest BCUT2D eigenvalue weighted by molar-refractivity contribution is 0.0733. The summed E-state index contributed by atoms with van der Waals surface area (Å²) < 4.78 is 6.09. The Morgan fingerprint density at radius 2 is 1.70 bits per heavy atom. The number of rotatable bonds is 3. The zero-order valence-corrected chi connectivity index (χ0v) is 13.8. The SMILES string of the molecule is CC(C)(C)N[C@H]1C[C@@H](Oc2cccc(C(C)(C)C)c2)C1. The maximum absolute atomic E-state index is 6.09. The Kier molecular flexibility index (Phi) is 4.15. The predicted molar refractivity (Wildman–Crippen MR) is 85.5 cm³/mol. The van der Waals surface area contributed by atoms with E-state index in [0.29, 0.717) is 12.1 Å². The molecule has 1 aromatic carbocycles. The second-order valence-electron chi connectivity index (χ2n) is 8.08. The lowest BCUT2D eigenvalue weighted by Gasteiger charge is -2.40. The largest absolute Gasteiger partial charge is 0.490 e. The number of nitrogens with one attached hydrogen (secondary N) is 1. The van der Waals surface area contributed by atoms with Crippen molar-refractivity contribution in [3.05, 3.63) is 29.8 Å². The third-order valence-electron chi connectivity index (χ3n) is 3.73. The zero-order chi connectivity index (χ0) is 15.0. The minimum absolute atomic E-state index is 0.176. The van der Waals surface area contributed by atoms with Gasteiger partial charge in [-0.2, -0.15) is 0 Å². The average molecular weight is 275 g/mol. The molecule has 0 aromatic heterocycles. The van der Waals surface area contributed by atoms with Crippen LogP contribution in [0.1, 0.15) is 59.9 Å². The van der Waals surface area contributed by atoms with Gasteiger partial charge < -0.3 is 10.1 Å². The molecule has 0 bridgehead atoms.